The molecule has 168 valence electrons. The van der Waals surface area contributed by atoms with Crippen molar-refractivity contribution in [2.24, 2.45) is 0 Å². The first kappa shape index (κ1) is 20.6. The predicted molar refractivity (Wildman–Crippen MR) is 131 cm³/mol. The van der Waals surface area contributed by atoms with E-state index in [0.29, 0.717) is 17.2 Å². The van der Waals surface area contributed by atoms with Gasteiger partial charge in [-0.05, 0) is 50.0 Å². The van der Waals surface area contributed by atoms with Crippen molar-refractivity contribution in [3.8, 4) is 33.2 Å². The minimum Gasteiger partial charge on any atom is -0.335 e. The van der Waals surface area contributed by atoms with E-state index < -0.39 is 0 Å². The van der Waals surface area contributed by atoms with Gasteiger partial charge in [0.05, 0.1) is 22.9 Å². The van der Waals surface area contributed by atoms with Gasteiger partial charge < -0.3 is 9.88 Å². The van der Waals surface area contributed by atoms with Crippen molar-refractivity contribution in [1.29, 1.82) is 0 Å². The Bertz CT molecular complexity index is 1650. The van der Waals surface area contributed by atoms with Gasteiger partial charge in [0, 0.05) is 46.5 Å². The minimum atomic E-state index is -0.234. The summed E-state index contributed by atoms with van der Waals surface area (Å²) in [4.78, 5) is 24.3. The van der Waals surface area contributed by atoms with Crippen molar-refractivity contribution in [1.82, 2.24) is 40.0 Å². The van der Waals surface area contributed by atoms with Crippen LogP contribution in [0.2, 0.25) is 0 Å². The molecule has 0 aliphatic carbocycles. The summed E-state index contributed by atoms with van der Waals surface area (Å²) in [5, 5.41) is 8.17. The molecule has 0 spiro atoms. The van der Waals surface area contributed by atoms with Gasteiger partial charge in [-0.1, -0.05) is 0 Å². The van der Waals surface area contributed by atoms with Crippen LogP contribution in [0.25, 0.3) is 55.3 Å². The number of rotatable bonds is 5. The van der Waals surface area contributed by atoms with Gasteiger partial charge in [0.2, 0.25) is 0 Å². The highest BCUT2D eigenvalue weighted by molar-refractivity contribution is 7.14. The summed E-state index contributed by atoms with van der Waals surface area (Å²) < 4.78 is 13.6. The highest BCUT2D eigenvalue weighted by atomic mass is 32.1. The number of H-pyrrole nitrogens is 2. The topological polar surface area (TPSA) is 99.3 Å². The standard InChI is InChI=1S/C24H19FN8S/c1-33(2)12-13-7-14(10-26-9-13)17-8-16-18(11-28-17)31-32-22(16)24-29-21-15(5-6-27-23(21)30-24)19-3-4-20(25)34-19/h3-11H,12H2,1-2H3,(H,31,32)(H,27,29,30). The highest BCUT2D eigenvalue weighted by Gasteiger charge is 2.17. The first-order valence-electron chi connectivity index (χ1n) is 10.6. The molecule has 0 amide bonds. The van der Waals surface area contributed by atoms with Crippen molar-refractivity contribution < 1.29 is 4.39 Å². The second-order valence-corrected chi connectivity index (χ2v) is 9.29. The maximum Gasteiger partial charge on any atom is 0.178 e. The molecule has 0 bridgehead atoms. The lowest BCUT2D eigenvalue weighted by molar-refractivity contribution is 0.402. The molecular formula is C24H19FN8S. The van der Waals surface area contributed by atoms with Crippen LogP contribution >= 0.6 is 11.3 Å². The van der Waals surface area contributed by atoms with Gasteiger partial charge in [-0.3, -0.25) is 15.1 Å². The van der Waals surface area contributed by atoms with Gasteiger partial charge in [0.25, 0.3) is 0 Å². The number of hydrogen-bond donors (Lipinski definition) is 2. The Kier molecular flexibility index (Phi) is 4.89. The molecule has 0 saturated carbocycles. The summed E-state index contributed by atoms with van der Waals surface area (Å²) in [6.45, 7) is 0.794. The smallest absolute Gasteiger partial charge is 0.178 e. The Hall–Kier alpha value is -4.02. The normalized spacial score (nSPS) is 11.8. The highest BCUT2D eigenvalue weighted by Crippen LogP contribution is 2.34. The SMILES string of the molecule is CN(C)Cc1cncc(-c2cc3c(-c4nc5nccc(-c6ccc(F)s6)c5[nH]4)n[nH]c3cn2)c1. The van der Waals surface area contributed by atoms with Crippen molar-refractivity contribution in [2.45, 2.75) is 6.54 Å². The molecule has 0 saturated heterocycles. The predicted octanol–water partition coefficient (Wildman–Crippen LogP) is 4.89. The van der Waals surface area contributed by atoms with Gasteiger partial charge in [0.15, 0.2) is 16.6 Å². The van der Waals surface area contributed by atoms with Crippen molar-refractivity contribution >= 4 is 33.4 Å². The molecule has 0 unspecified atom stereocenters. The van der Waals surface area contributed by atoms with Gasteiger partial charge in [0.1, 0.15) is 5.69 Å². The summed E-state index contributed by atoms with van der Waals surface area (Å²) in [6.07, 6.45) is 7.12. The Labute approximate surface area is 197 Å². The third kappa shape index (κ3) is 3.62. The zero-order valence-corrected chi connectivity index (χ0v) is 19.2. The number of pyridine rings is 3. The van der Waals surface area contributed by atoms with Crippen LogP contribution in [-0.2, 0) is 6.54 Å². The van der Waals surface area contributed by atoms with Gasteiger partial charge in [-0.2, -0.15) is 9.49 Å². The number of fused-ring (bicyclic) bond motifs is 2. The van der Waals surface area contributed by atoms with E-state index in [-0.39, 0.29) is 5.13 Å². The van der Waals surface area contributed by atoms with Crippen LogP contribution in [0.3, 0.4) is 0 Å². The average molecular weight is 471 g/mol. The summed E-state index contributed by atoms with van der Waals surface area (Å²) in [7, 11) is 4.05. The van der Waals surface area contributed by atoms with Crippen LogP contribution in [0.5, 0.6) is 0 Å². The lowest BCUT2D eigenvalue weighted by atomic mass is 10.1. The summed E-state index contributed by atoms with van der Waals surface area (Å²) in [5.41, 5.74) is 6.44. The van der Waals surface area contributed by atoms with Gasteiger partial charge in [-0.15, -0.1) is 11.3 Å². The molecule has 0 radical (unpaired) electrons. The molecule has 0 fully saturated rings. The monoisotopic (exact) mass is 470 g/mol. The third-order valence-corrected chi connectivity index (χ3v) is 6.40. The number of nitrogens with zero attached hydrogens (tertiary/aromatic N) is 6. The fraction of sp³-hybridized carbons (Fsp3) is 0.125. The minimum absolute atomic E-state index is 0.234. The molecule has 6 heterocycles. The number of aromatic amines is 2. The van der Waals surface area contributed by atoms with Crippen LogP contribution < -0.4 is 0 Å². The van der Waals surface area contributed by atoms with E-state index in [1.165, 1.54) is 6.07 Å². The number of thiophene rings is 1. The Balaban J connectivity index is 1.45. The maximum absolute atomic E-state index is 13.6. The second-order valence-electron chi connectivity index (χ2n) is 8.25. The molecule has 10 heteroatoms. The largest absolute Gasteiger partial charge is 0.335 e. The number of hydrogen-bond acceptors (Lipinski definition) is 7. The molecular weight excluding hydrogens is 451 g/mol. The molecule has 0 atom stereocenters. The Morgan fingerprint density at radius 1 is 1.06 bits per heavy atom. The molecule has 0 aliphatic rings. The number of imidazole rings is 1. The molecule has 6 aromatic rings. The van der Waals surface area contributed by atoms with Crippen LogP contribution in [0.1, 0.15) is 5.56 Å². The van der Waals surface area contributed by atoms with E-state index in [1.54, 1.807) is 18.5 Å². The van der Waals surface area contributed by atoms with Crippen LogP contribution in [-0.4, -0.2) is 54.1 Å². The third-order valence-electron chi connectivity index (χ3n) is 5.49. The van der Waals surface area contributed by atoms with E-state index >= 15 is 0 Å². The molecule has 8 nitrogen and oxygen atoms in total. The lowest BCUT2D eigenvalue weighted by Gasteiger charge is -2.10. The Morgan fingerprint density at radius 2 is 1.97 bits per heavy atom. The van der Waals surface area contributed by atoms with E-state index in [2.05, 4.69) is 46.1 Å². The van der Waals surface area contributed by atoms with E-state index in [4.69, 9.17) is 0 Å². The zero-order chi connectivity index (χ0) is 23.2. The quantitative estimate of drug-likeness (QED) is 0.372. The van der Waals surface area contributed by atoms with Gasteiger partial charge >= 0.3 is 0 Å². The lowest BCUT2D eigenvalue weighted by Crippen LogP contribution is -2.10. The fourth-order valence-electron chi connectivity index (χ4n) is 4.02. The van der Waals surface area contributed by atoms with Crippen molar-refractivity contribution in [2.75, 3.05) is 14.1 Å². The number of nitrogens with one attached hydrogen (secondary N) is 2. The first-order chi connectivity index (χ1) is 16.5. The van der Waals surface area contributed by atoms with Crippen LogP contribution in [0, 0.1) is 5.13 Å². The van der Waals surface area contributed by atoms with E-state index in [1.807, 2.05) is 38.6 Å². The molecule has 6 rings (SSSR count). The van der Waals surface area contributed by atoms with Crippen molar-refractivity contribution in [3.05, 3.63) is 65.8 Å². The second kappa shape index (κ2) is 8.08. The summed E-state index contributed by atoms with van der Waals surface area (Å²) in [6, 6.07) is 9.16. The van der Waals surface area contributed by atoms with E-state index in [0.717, 1.165) is 61.6 Å². The first-order valence-corrected chi connectivity index (χ1v) is 11.4. The fourth-order valence-corrected chi connectivity index (χ4v) is 4.78. The van der Waals surface area contributed by atoms with Gasteiger partial charge in [-0.25, -0.2) is 9.97 Å². The number of halogens is 1. The zero-order valence-electron chi connectivity index (χ0n) is 18.4. The summed E-state index contributed by atoms with van der Waals surface area (Å²) >= 11 is 1.09. The molecule has 34 heavy (non-hydrogen) atoms. The molecule has 0 aliphatic heterocycles. The Morgan fingerprint density at radius 3 is 2.79 bits per heavy atom. The van der Waals surface area contributed by atoms with Crippen LogP contribution in [0.15, 0.2) is 55.1 Å². The molecule has 0 aromatic carbocycles. The van der Waals surface area contributed by atoms with E-state index in [9.17, 15) is 4.39 Å². The number of aromatic nitrogens is 7. The molecule has 6 aromatic heterocycles. The maximum atomic E-state index is 13.6. The average Bonchev–Trinajstić information content (AvgIpc) is 3.55. The summed E-state index contributed by atoms with van der Waals surface area (Å²) in [5.74, 6) is 0.579. The molecule has 2 N–H and O–H groups in total. The van der Waals surface area contributed by atoms with Crippen LogP contribution in [0.4, 0.5) is 4.39 Å². The van der Waals surface area contributed by atoms with Crippen molar-refractivity contribution in [3.63, 3.8) is 0 Å².